The number of carbonyl (C=O) groups excluding carboxylic acids is 1. The number of hydrogen-bond acceptors (Lipinski definition) is 4. The van der Waals surface area contributed by atoms with Gasteiger partial charge in [0.15, 0.2) is 0 Å². The summed E-state index contributed by atoms with van der Waals surface area (Å²) in [5.74, 6) is 1.46. The van der Waals surface area contributed by atoms with Crippen molar-refractivity contribution in [3.05, 3.63) is 0 Å². The average molecular weight is 231 g/mol. The van der Waals surface area contributed by atoms with E-state index in [1.807, 2.05) is 20.8 Å². The maximum absolute atomic E-state index is 11.6. The highest BCUT2D eigenvalue weighted by Gasteiger charge is 2.27. The molecule has 15 heavy (non-hydrogen) atoms. The maximum atomic E-state index is 11.6. The van der Waals surface area contributed by atoms with Crippen molar-refractivity contribution in [1.29, 1.82) is 0 Å². The molecule has 0 spiro atoms. The van der Waals surface area contributed by atoms with Gasteiger partial charge in [-0.2, -0.15) is 12.6 Å². The van der Waals surface area contributed by atoms with Crippen LogP contribution < -0.4 is 0 Å². The summed E-state index contributed by atoms with van der Waals surface area (Å²) < 4.78 is 0. The number of carbonyl (C=O) groups is 1. The third kappa shape index (κ3) is 4.03. The van der Waals surface area contributed by atoms with E-state index in [0.717, 1.165) is 31.7 Å². The minimum atomic E-state index is -0.416. The second kappa shape index (κ2) is 5.21. The van der Waals surface area contributed by atoms with E-state index in [9.17, 15) is 4.79 Å². The molecular formula is C11H21NO2S. The highest BCUT2D eigenvalue weighted by molar-refractivity contribution is 7.80. The summed E-state index contributed by atoms with van der Waals surface area (Å²) in [6.45, 7) is 7.29. The first-order valence-electron chi connectivity index (χ1n) is 5.51. The largest absolute Gasteiger partial charge is 0.367 e. The molecule has 0 aromatic rings. The van der Waals surface area contributed by atoms with Crippen molar-refractivity contribution < 1.29 is 9.63 Å². The monoisotopic (exact) mass is 231 g/mol. The number of hydrogen-bond donors (Lipinski definition) is 1. The lowest BCUT2D eigenvalue weighted by molar-refractivity contribution is -0.205. The molecule has 1 heterocycles. The minimum absolute atomic E-state index is 0.146. The van der Waals surface area contributed by atoms with Crippen molar-refractivity contribution in [3.8, 4) is 0 Å². The summed E-state index contributed by atoms with van der Waals surface area (Å²) in [4.78, 5) is 16.9. The molecule has 0 bridgehead atoms. The van der Waals surface area contributed by atoms with Gasteiger partial charge in [0.2, 0.25) is 0 Å². The van der Waals surface area contributed by atoms with Gasteiger partial charge in [0.1, 0.15) is 0 Å². The van der Waals surface area contributed by atoms with Crippen LogP contribution >= 0.6 is 12.6 Å². The summed E-state index contributed by atoms with van der Waals surface area (Å²) in [5, 5.41) is 1.79. The molecule has 0 atom stereocenters. The molecule has 1 aliphatic rings. The van der Waals surface area contributed by atoms with E-state index in [1.54, 1.807) is 5.06 Å². The fourth-order valence-electron chi connectivity index (χ4n) is 1.44. The molecule has 0 aromatic carbocycles. The first-order valence-corrected chi connectivity index (χ1v) is 6.15. The van der Waals surface area contributed by atoms with Gasteiger partial charge in [-0.25, -0.2) is 4.79 Å². The molecule has 0 N–H and O–H groups in total. The molecule has 3 nitrogen and oxygen atoms in total. The summed E-state index contributed by atoms with van der Waals surface area (Å²) in [6.07, 6.45) is 2.14. The highest BCUT2D eigenvalue weighted by atomic mass is 32.1. The SMILES string of the molecule is CC(C)(C)C(=O)ON1CCC(CS)CC1. The maximum Gasteiger partial charge on any atom is 0.330 e. The molecule has 88 valence electrons. The fraction of sp³-hybridized carbons (Fsp3) is 0.909. The van der Waals surface area contributed by atoms with E-state index >= 15 is 0 Å². The molecule has 1 saturated heterocycles. The standard InChI is InChI=1S/C11H21NO2S/c1-11(2,3)10(13)14-12-6-4-9(8-15)5-7-12/h9,15H,4-8H2,1-3H3. The molecule has 0 amide bonds. The number of rotatable bonds is 2. The van der Waals surface area contributed by atoms with Gasteiger partial charge in [0.25, 0.3) is 0 Å². The van der Waals surface area contributed by atoms with E-state index in [0.29, 0.717) is 5.92 Å². The lowest BCUT2D eigenvalue weighted by Crippen LogP contribution is -2.39. The van der Waals surface area contributed by atoms with Crippen molar-refractivity contribution in [1.82, 2.24) is 5.06 Å². The van der Waals surface area contributed by atoms with Crippen LogP contribution in [0.25, 0.3) is 0 Å². The smallest absolute Gasteiger partial charge is 0.330 e. The van der Waals surface area contributed by atoms with Gasteiger partial charge >= 0.3 is 5.97 Å². The zero-order valence-corrected chi connectivity index (χ0v) is 10.7. The van der Waals surface area contributed by atoms with Gasteiger partial charge in [-0.3, -0.25) is 0 Å². The quantitative estimate of drug-likeness (QED) is 0.738. The van der Waals surface area contributed by atoms with Gasteiger partial charge in [0, 0.05) is 13.1 Å². The van der Waals surface area contributed by atoms with Crippen LogP contribution in [0.3, 0.4) is 0 Å². The number of hydroxylamine groups is 2. The topological polar surface area (TPSA) is 29.5 Å². The molecule has 0 radical (unpaired) electrons. The Morgan fingerprint density at radius 3 is 2.33 bits per heavy atom. The molecule has 4 heteroatoms. The first-order chi connectivity index (χ1) is 6.93. The number of nitrogens with zero attached hydrogens (tertiary/aromatic N) is 1. The Morgan fingerprint density at radius 1 is 1.40 bits per heavy atom. The van der Waals surface area contributed by atoms with Crippen LogP contribution in [0.4, 0.5) is 0 Å². The predicted octanol–water partition coefficient (Wildman–Crippen LogP) is 2.13. The van der Waals surface area contributed by atoms with Crippen LogP contribution in [0.15, 0.2) is 0 Å². The highest BCUT2D eigenvalue weighted by Crippen LogP contribution is 2.21. The van der Waals surface area contributed by atoms with Crippen molar-refractivity contribution in [3.63, 3.8) is 0 Å². The zero-order chi connectivity index (χ0) is 11.5. The molecule has 0 aliphatic carbocycles. The normalized spacial score (nSPS) is 20.3. The van der Waals surface area contributed by atoms with Crippen LogP contribution in [-0.2, 0) is 9.63 Å². The summed E-state index contributed by atoms with van der Waals surface area (Å²) in [7, 11) is 0. The van der Waals surface area contributed by atoms with Crippen molar-refractivity contribution in [2.75, 3.05) is 18.8 Å². The van der Waals surface area contributed by atoms with Crippen LogP contribution in [0.1, 0.15) is 33.6 Å². The minimum Gasteiger partial charge on any atom is -0.367 e. The van der Waals surface area contributed by atoms with E-state index < -0.39 is 5.41 Å². The van der Waals surface area contributed by atoms with Gasteiger partial charge in [0.05, 0.1) is 5.41 Å². The molecule has 0 unspecified atom stereocenters. The van der Waals surface area contributed by atoms with Gasteiger partial charge in [-0.15, -0.1) is 5.06 Å². The van der Waals surface area contributed by atoms with Crippen LogP contribution in [0.2, 0.25) is 0 Å². The van der Waals surface area contributed by atoms with Crippen LogP contribution in [-0.4, -0.2) is 29.9 Å². The zero-order valence-electron chi connectivity index (χ0n) is 9.82. The van der Waals surface area contributed by atoms with Gasteiger partial charge < -0.3 is 4.84 Å². The Balaban J connectivity index is 2.33. The molecule has 0 aromatic heterocycles. The summed E-state index contributed by atoms with van der Waals surface area (Å²) >= 11 is 4.28. The molecule has 1 aliphatic heterocycles. The van der Waals surface area contributed by atoms with E-state index in [2.05, 4.69) is 12.6 Å². The Kier molecular flexibility index (Phi) is 4.46. The average Bonchev–Trinajstić information content (AvgIpc) is 2.17. The summed E-state index contributed by atoms with van der Waals surface area (Å²) in [5.41, 5.74) is -0.416. The second-order valence-corrected chi connectivity index (χ2v) is 5.55. The van der Waals surface area contributed by atoms with E-state index in [1.165, 1.54) is 0 Å². The number of piperidine rings is 1. The van der Waals surface area contributed by atoms with Crippen molar-refractivity contribution in [2.24, 2.45) is 11.3 Å². The van der Waals surface area contributed by atoms with E-state index in [4.69, 9.17) is 4.84 Å². The van der Waals surface area contributed by atoms with E-state index in [-0.39, 0.29) is 5.97 Å². The Hall–Kier alpha value is -0.220. The number of thiol groups is 1. The van der Waals surface area contributed by atoms with Crippen molar-refractivity contribution in [2.45, 2.75) is 33.6 Å². The third-order valence-electron chi connectivity index (χ3n) is 2.66. The predicted molar refractivity (Wildman–Crippen MR) is 63.7 cm³/mol. The van der Waals surface area contributed by atoms with Crippen LogP contribution in [0.5, 0.6) is 0 Å². The summed E-state index contributed by atoms with van der Waals surface area (Å²) in [6, 6.07) is 0. The van der Waals surface area contributed by atoms with Crippen LogP contribution in [0, 0.1) is 11.3 Å². The second-order valence-electron chi connectivity index (χ2n) is 5.18. The molecule has 1 rings (SSSR count). The van der Waals surface area contributed by atoms with Gasteiger partial charge in [-0.05, 0) is 45.3 Å². The molecule has 1 fully saturated rings. The Labute approximate surface area is 97.5 Å². The Morgan fingerprint density at radius 2 is 1.93 bits per heavy atom. The third-order valence-corrected chi connectivity index (χ3v) is 3.17. The fourth-order valence-corrected chi connectivity index (χ4v) is 1.80. The molecular weight excluding hydrogens is 210 g/mol. The lowest BCUT2D eigenvalue weighted by atomic mass is 9.97. The lowest BCUT2D eigenvalue weighted by Gasteiger charge is -2.31. The van der Waals surface area contributed by atoms with Crippen molar-refractivity contribution >= 4 is 18.6 Å². The van der Waals surface area contributed by atoms with Gasteiger partial charge in [-0.1, -0.05) is 0 Å². The first kappa shape index (κ1) is 12.8. The molecule has 0 saturated carbocycles. The Bertz CT molecular complexity index is 217.